The van der Waals surface area contributed by atoms with Gasteiger partial charge < -0.3 is 10.2 Å². The molecule has 0 aliphatic carbocycles. The van der Waals surface area contributed by atoms with Gasteiger partial charge in [0, 0.05) is 18.2 Å². The van der Waals surface area contributed by atoms with E-state index in [-0.39, 0.29) is 17.6 Å². The van der Waals surface area contributed by atoms with Crippen LogP contribution in [0.1, 0.15) is 82.9 Å². The van der Waals surface area contributed by atoms with Gasteiger partial charge in [0.25, 0.3) is 0 Å². The number of hydrogen-bond donors (Lipinski definition) is 2. The van der Waals surface area contributed by atoms with Crippen molar-refractivity contribution in [3.8, 4) is 5.75 Å². The van der Waals surface area contributed by atoms with Crippen LogP contribution in [0.4, 0.5) is 0 Å². The summed E-state index contributed by atoms with van der Waals surface area (Å²) in [6, 6.07) is 6.29. The summed E-state index contributed by atoms with van der Waals surface area (Å²) in [6.07, 6.45) is 7.48. The SMILES string of the molecule is CCCCCCC(C)(C)c1ccc(C2CC(O)CCN2C)c(O)c1. The summed E-state index contributed by atoms with van der Waals surface area (Å²) in [4.78, 5) is 2.23. The second-order valence-corrected chi connectivity index (χ2v) is 8.14. The van der Waals surface area contributed by atoms with Crippen LogP contribution in [0.5, 0.6) is 5.75 Å². The third kappa shape index (κ3) is 4.73. The molecule has 1 heterocycles. The van der Waals surface area contributed by atoms with Gasteiger partial charge in [-0.3, -0.25) is 4.90 Å². The second-order valence-electron chi connectivity index (χ2n) is 8.14. The molecule has 0 amide bonds. The first kappa shape index (κ1) is 19.3. The summed E-state index contributed by atoms with van der Waals surface area (Å²) in [6.45, 7) is 7.64. The van der Waals surface area contributed by atoms with E-state index in [0.717, 1.165) is 24.9 Å². The van der Waals surface area contributed by atoms with Crippen LogP contribution in [0, 0.1) is 0 Å². The number of likely N-dealkylation sites (tertiary alicyclic amines) is 1. The Bertz CT molecular complexity index is 527. The molecule has 24 heavy (non-hydrogen) atoms. The fourth-order valence-corrected chi connectivity index (χ4v) is 3.81. The topological polar surface area (TPSA) is 43.7 Å². The highest BCUT2D eigenvalue weighted by Crippen LogP contribution is 2.38. The Morgan fingerprint density at radius 2 is 1.96 bits per heavy atom. The van der Waals surface area contributed by atoms with E-state index in [4.69, 9.17) is 0 Å². The van der Waals surface area contributed by atoms with E-state index in [1.165, 1.54) is 31.2 Å². The van der Waals surface area contributed by atoms with Gasteiger partial charge in [0.2, 0.25) is 0 Å². The van der Waals surface area contributed by atoms with Gasteiger partial charge >= 0.3 is 0 Å². The number of nitrogens with zero attached hydrogens (tertiary/aromatic N) is 1. The van der Waals surface area contributed by atoms with Crippen molar-refractivity contribution in [3.63, 3.8) is 0 Å². The van der Waals surface area contributed by atoms with Crippen molar-refractivity contribution >= 4 is 0 Å². The van der Waals surface area contributed by atoms with Gasteiger partial charge in [0.05, 0.1) is 6.10 Å². The van der Waals surface area contributed by atoms with Crippen molar-refractivity contribution in [1.82, 2.24) is 4.90 Å². The van der Waals surface area contributed by atoms with Gasteiger partial charge in [-0.1, -0.05) is 58.6 Å². The van der Waals surface area contributed by atoms with E-state index in [2.05, 4.69) is 44.9 Å². The zero-order valence-corrected chi connectivity index (χ0v) is 15.9. The zero-order chi connectivity index (χ0) is 17.7. The van der Waals surface area contributed by atoms with Crippen LogP contribution < -0.4 is 0 Å². The molecule has 2 atom stereocenters. The summed E-state index contributed by atoms with van der Waals surface area (Å²) >= 11 is 0. The normalized spacial score (nSPS) is 22.7. The number of rotatable bonds is 7. The number of phenols is 1. The largest absolute Gasteiger partial charge is 0.508 e. The second kappa shape index (κ2) is 8.35. The molecule has 0 aromatic heterocycles. The summed E-state index contributed by atoms with van der Waals surface area (Å²) in [5.41, 5.74) is 2.24. The molecule has 136 valence electrons. The van der Waals surface area contributed by atoms with Crippen LogP contribution in [-0.4, -0.2) is 34.8 Å². The average molecular weight is 334 g/mol. The molecular formula is C21H35NO2. The summed E-state index contributed by atoms with van der Waals surface area (Å²) < 4.78 is 0. The maximum Gasteiger partial charge on any atom is 0.120 e. The van der Waals surface area contributed by atoms with Crippen LogP contribution in [0.15, 0.2) is 18.2 Å². The number of aliphatic hydroxyl groups excluding tert-OH is 1. The Hall–Kier alpha value is -1.06. The standard InChI is InChI=1S/C21H35NO2/c1-5-6-7-8-12-21(2,3)16-9-10-18(20(24)14-16)19-15-17(23)11-13-22(19)4/h9-10,14,17,19,23-24H,5-8,11-13,15H2,1-4H3. The molecule has 3 heteroatoms. The van der Waals surface area contributed by atoms with Crippen LogP contribution in [0.25, 0.3) is 0 Å². The van der Waals surface area contributed by atoms with Crippen LogP contribution in [0.2, 0.25) is 0 Å². The molecule has 0 spiro atoms. The molecule has 0 bridgehead atoms. The molecule has 1 fully saturated rings. The molecule has 0 saturated carbocycles. The summed E-state index contributed by atoms with van der Waals surface area (Å²) in [5, 5.41) is 20.6. The first-order valence-electron chi connectivity index (χ1n) is 9.57. The number of piperidine rings is 1. The Morgan fingerprint density at radius 1 is 1.21 bits per heavy atom. The molecule has 2 N–H and O–H groups in total. The molecule has 2 unspecified atom stereocenters. The summed E-state index contributed by atoms with van der Waals surface area (Å²) in [7, 11) is 2.07. The molecule has 1 aromatic carbocycles. The smallest absolute Gasteiger partial charge is 0.120 e. The minimum absolute atomic E-state index is 0.0851. The Labute approximate surface area is 147 Å². The third-order valence-corrected chi connectivity index (χ3v) is 5.67. The summed E-state index contributed by atoms with van der Waals surface area (Å²) in [5.74, 6) is 0.375. The van der Waals surface area contributed by atoms with E-state index in [1.807, 2.05) is 6.07 Å². The molecule has 1 aliphatic rings. The van der Waals surface area contributed by atoms with Crippen molar-refractivity contribution < 1.29 is 10.2 Å². The number of hydrogen-bond acceptors (Lipinski definition) is 3. The van der Waals surface area contributed by atoms with Gasteiger partial charge in [-0.15, -0.1) is 0 Å². The van der Waals surface area contributed by atoms with Gasteiger partial charge in [0.15, 0.2) is 0 Å². The van der Waals surface area contributed by atoms with E-state index in [0.29, 0.717) is 12.2 Å². The third-order valence-electron chi connectivity index (χ3n) is 5.67. The minimum Gasteiger partial charge on any atom is -0.508 e. The fraction of sp³-hybridized carbons (Fsp3) is 0.714. The molecule has 0 radical (unpaired) electrons. The fourth-order valence-electron chi connectivity index (χ4n) is 3.81. The monoisotopic (exact) mass is 333 g/mol. The van der Waals surface area contributed by atoms with Crippen molar-refractivity contribution in [2.75, 3.05) is 13.6 Å². The van der Waals surface area contributed by atoms with Crippen molar-refractivity contribution in [3.05, 3.63) is 29.3 Å². The maximum absolute atomic E-state index is 10.6. The number of phenolic OH excluding ortho intramolecular Hbond substituents is 1. The van der Waals surface area contributed by atoms with Gasteiger partial charge in [0.1, 0.15) is 5.75 Å². The Kier molecular flexibility index (Phi) is 6.70. The highest BCUT2D eigenvalue weighted by molar-refractivity contribution is 5.41. The van der Waals surface area contributed by atoms with Crippen molar-refractivity contribution in [1.29, 1.82) is 0 Å². The average Bonchev–Trinajstić information content (AvgIpc) is 2.54. The van der Waals surface area contributed by atoms with Crippen LogP contribution in [-0.2, 0) is 5.41 Å². The van der Waals surface area contributed by atoms with E-state index >= 15 is 0 Å². The Morgan fingerprint density at radius 3 is 2.62 bits per heavy atom. The van der Waals surface area contributed by atoms with Crippen LogP contribution >= 0.6 is 0 Å². The molecule has 1 aliphatic heterocycles. The number of aromatic hydroxyl groups is 1. The van der Waals surface area contributed by atoms with E-state index in [1.54, 1.807) is 0 Å². The quantitative estimate of drug-likeness (QED) is 0.707. The number of aliphatic hydroxyl groups is 1. The Balaban J connectivity index is 2.10. The molecular weight excluding hydrogens is 298 g/mol. The predicted octanol–water partition coefficient (Wildman–Crippen LogP) is 4.77. The predicted molar refractivity (Wildman–Crippen MR) is 101 cm³/mol. The lowest BCUT2D eigenvalue weighted by Crippen LogP contribution is -2.36. The van der Waals surface area contributed by atoms with Gasteiger partial charge in [-0.25, -0.2) is 0 Å². The molecule has 1 saturated heterocycles. The first-order valence-corrected chi connectivity index (χ1v) is 9.57. The number of unbranched alkanes of at least 4 members (excludes halogenated alkanes) is 3. The molecule has 1 aromatic rings. The van der Waals surface area contributed by atoms with Gasteiger partial charge in [-0.05, 0) is 43.4 Å². The van der Waals surface area contributed by atoms with E-state index in [9.17, 15) is 10.2 Å². The lowest BCUT2D eigenvalue weighted by molar-refractivity contribution is 0.0544. The van der Waals surface area contributed by atoms with E-state index < -0.39 is 0 Å². The highest BCUT2D eigenvalue weighted by atomic mass is 16.3. The molecule has 3 nitrogen and oxygen atoms in total. The van der Waals surface area contributed by atoms with Crippen molar-refractivity contribution in [2.45, 2.75) is 83.3 Å². The minimum atomic E-state index is -0.264. The lowest BCUT2D eigenvalue weighted by atomic mass is 9.79. The zero-order valence-electron chi connectivity index (χ0n) is 15.9. The van der Waals surface area contributed by atoms with Gasteiger partial charge in [-0.2, -0.15) is 0 Å². The maximum atomic E-state index is 10.6. The first-order chi connectivity index (χ1) is 11.3. The highest BCUT2D eigenvalue weighted by Gasteiger charge is 2.29. The number of benzene rings is 1. The van der Waals surface area contributed by atoms with Crippen molar-refractivity contribution in [2.24, 2.45) is 0 Å². The lowest BCUT2D eigenvalue weighted by Gasteiger charge is -2.36. The van der Waals surface area contributed by atoms with Crippen LogP contribution in [0.3, 0.4) is 0 Å². The molecule has 2 rings (SSSR count).